The van der Waals surface area contributed by atoms with Gasteiger partial charge in [0.2, 0.25) is 5.91 Å². The van der Waals surface area contributed by atoms with Crippen LogP contribution in [0.1, 0.15) is 29.6 Å². The fourth-order valence-electron chi connectivity index (χ4n) is 3.81. The molecule has 5 rings (SSSR count). The Morgan fingerprint density at radius 2 is 2.15 bits per heavy atom. The molecular weight excluding hydrogens is 458 g/mol. The lowest BCUT2D eigenvalue weighted by atomic mass is 9.93. The summed E-state index contributed by atoms with van der Waals surface area (Å²) < 4.78 is 8.50. The molecule has 1 fully saturated rings. The van der Waals surface area contributed by atoms with Crippen molar-refractivity contribution in [2.45, 2.75) is 31.8 Å². The van der Waals surface area contributed by atoms with Crippen molar-refractivity contribution in [2.24, 2.45) is 0 Å². The summed E-state index contributed by atoms with van der Waals surface area (Å²) in [5.74, 6) is -0.0161. The number of aromatic nitrogens is 5. The number of nitrogens with one attached hydrogen (secondary N) is 2. The van der Waals surface area contributed by atoms with Crippen molar-refractivity contribution in [2.75, 3.05) is 12.4 Å². The number of nitrogens with zero attached hydrogens (tertiary/aromatic N) is 5. The van der Waals surface area contributed by atoms with Crippen LogP contribution in [0.4, 0.5) is 5.69 Å². The quantitative estimate of drug-likeness (QED) is 0.420. The average molecular weight is 480 g/mol. The van der Waals surface area contributed by atoms with Crippen LogP contribution in [0.3, 0.4) is 0 Å². The minimum atomic E-state index is -0.408. The topological polar surface area (TPSA) is 115 Å². The Balaban J connectivity index is 1.49. The van der Waals surface area contributed by atoms with Gasteiger partial charge in [-0.3, -0.25) is 14.3 Å². The molecule has 2 N–H and O–H groups in total. The standard InChI is InChI=1S/C23H22ClN7O3/c1-34-19-7-6-14(24)10-16(19)21-18(12-30(29-21)13-20(32)27-15-4-2-5-15)28-23(33)17-11-26-31-9-3-8-25-22(17)31/h3,6-12,15H,2,4-5,13H2,1H3,(H,27,32)(H,28,33). The van der Waals surface area contributed by atoms with E-state index in [0.29, 0.717) is 38.9 Å². The first kappa shape index (κ1) is 21.9. The van der Waals surface area contributed by atoms with Gasteiger partial charge in [-0.05, 0) is 43.5 Å². The van der Waals surface area contributed by atoms with Crippen molar-refractivity contribution in [3.05, 3.63) is 59.6 Å². The predicted molar refractivity (Wildman–Crippen MR) is 126 cm³/mol. The third-order valence-electron chi connectivity index (χ3n) is 5.73. The van der Waals surface area contributed by atoms with Crippen LogP contribution in [0, 0.1) is 0 Å². The molecule has 0 saturated heterocycles. The van der Waals surface area contributed by atoms with Crippen LogP contribution in [0.25, 0.3) is 16.9 Å². The third-order valence-corrected chi connectivity index (χ3v) is 5.96. The first-order valence-electron chi connectivity index (χ1n) is 10.8. The first-order chi connectivity index (χ1) is 16.5. The van der Waals surface area contributed by atoms with Crippen LogP contribution >= 0.6 is 11.6 Å². The lowest BCUT2D eigenvalue weighted by molar-refractivity contribution is -0.123. The molecule has 174 valence electrons. The number of benzene rings is 1. The SMILES string of the molecule is COc1ccc(Cl)cc1-c1nn(CC(=O)NC2CCC2)cc1NC(=O)c1cnn2cccnc12. The van der Waals surface area contributed by atoms with Gasteiger partial charge in [-0.2, -0.15) is 10.2 Å². The lowest BCUT2D eigenvalue weighted by Gasteiger charge is -2.26. The van der Waals surface area contributed by atoms with Crippen LogP contribution in [-0.2, 0) is 11.3 Å². The van der Waals surface area contributed by atoms with E-state index < -0.39 is 5.91 Å². The molecule has 0 atom stereocenters. The minimum Gasteiger partial charge on any atom is -0.496 e. The molecule has 1 aliphatic rings. The highest BCUT2D eigenvalue weighted by Gasteiger charge is 2.23. The van der Waals surface area contributed by atoms with E-state index in [1.54, 1.807) is 50.0 Å². The molecule has 4 aromatic rings. The van der Waals surface area contributed by atoms with Crippen LogP contribution < -0.4 is 15.4 Å². The Labute approximate surface area is 199 Å². The van der Waals surface area contributed by atoms with Crippen molar-refractivity contribution >= 4 is 34.7 Å². The lowest BCUT2D eigenvalue weighted by Crippen LogP contribution is -2.41. The van der Waals surface area contributed by atoms with E-state index in [9.17, 15) is 9.59 Å². The Hall–Kier alpha value is -3.92. The predicted octanol–water partition coefficient (Wildman–Crippen LogP) is 3.18. The average Bonchev–Trinajstić information content (AvgIpc) is 3.40. The molecule has 0 spiro atoms. The number of amides is 2. The zero-order valence-corrected chi connectivity index (χ0v) is 19.1. The van der Waals surface area contributed by atoms with Gasteiger partial charge in [-0.25, -0.2) is 9.50 Å². The molecule has 2 amide bonds. The zero-order valence-electron chi connectivity index (χ0n) is 18.4. The first-order valence-corrected chi connectivity index (χ1v) is 11.2. The van der Waals surface area contributed by atoms with Gasteiger partial charge in [0.1, 0.15) is 23.6 Å². The maximum absolute atomic E-state index is 13.1. The molecule has 0 aliphatic heterocycles. The number of fused-ring (bicyclic) bond motifs is 1. The van der Waals surface area contributed by atoms with Gasteiger partial charge in [-0.1, -0.05) is 11.6 Å². The molecule has 1 saturated carbocycles. The Bertz CT molecular complexity index is 1380. The van der Waals surface area contributed by atoms with E-state index in [4.69, 9.17) is 16.3 Å². The Kier molecular flexibility index (Phi) is 5.89. The molecular formula is C23H22ClN7O3. The Morgan fingerprint density at radius 3 is 2.91 bits per heavy atom. The van der Waals surface area contributed by atoms with E-state index >= 15 is 0 Å². The third kappa shape index (κ3) is 4.32. The number of anilines is 1. The summed E-state index contributed by atoms with van der Waals surface area (Å²) in [5.41, 5.74) is 2.14. The highest BCUT2D eigenvalue weighted by atomic mass is 35.5. The monoisotopic (exact) mass is 479 g/mol. The van der Waals surface area contributed by atoms with Gasteiger partial charge in [0.25, 0.3) is 5.91 Å². The van der Waals surface area contributed by atoms with Crippen LogP contribution in [0.15, 0.2) is 49.1 Å². The highest BCUT2D eigenvalue weighted by Crippen LogP contribution is 2.36. The molecule has 0 radical (unpaired) electrons. The molecule has 0 bridgehead atoms. The number of methoxy groups -OCH3 is 1. The van der Waals surface area contributed by atoms with Gasteiger partial charge in [0.05, 0.1) is 19.0 Å². The van der Waals surface area contributed by atoms with Gasteiger partial charge in [0, 0.05) is 35.2 Å². The number of ether oxygens (including phenoxy) is 1. The van der Waals surface area contributed by atoms with E-state index in [-0.39, 0.29) is 18.5 Å². The summed E-state index contributed by atoms with van der Waals surface area (Å²) in [7, 11) is 1.54. The van der Waals surface area contributed by atoms with Crippen molar-refractivity contribution in [3.8, 4) is 17.0 Å². The normalized spacial score (nSPS) is 13.5. The molecule has 11 heteroatoms. The molecule has 10 nitrogen and oxygen atoms in total. The smallest absolute Gasteiger partial charge is 0.261 e. The number of carbonyl (C=O) groups is 2. The number of halogens is 1. The summed E-state index contributed by atoms with van der Waals surface area (Å²) in [6.45, 7) is 0.0144. The summed E-state index contributed by atoms with van der Waals surface area (Å²) in [6.07, 6.45) is 9.48. The highest BCUT2D eigenvalue weighted by molar-refractivity contribution is 6.31. The number of hydrogen-bond acceptors (Lipinski definition) is 6. The van der Waals surface area contributed by atoms with E-state index in [2.05, 4.69) is 25.8 Å². The largest absolute Gasteiger partial charge is 0.496 e. The second-order valence-electron chi connectivity index (χ2n) is 8.03. The fourth-order valence-corrected chi connectivity index (χ4v) is 3.98. The molecule has 1 aromatic carbocycles. The summed E-state index contributed by atoms with van der Waals surface area (Å²) in [6, 6.07) is 7.08. The molecule has 3 aromatic heterocycles. The summed E-state index contributed by atoms with van der Waals surface area (Å²) in [5, 5.41) is 15.1. The fraction of sp³-hybridized carbons (Fsp3) is 0.261. The van der Waals surface area contributed by atoms with E-state index in [1.165, 1.54) is 15.4 Å². The molecule has 0 unspecified atom stereocenters. The van der Waals surface area contributed by atoms with E-state index in [1.807, 2.05) is 0 Å². The van der Waals surface area contributed by atoms with Crippen LogP contribution in [0.2, 0.25) is 5.02 Å². The van der Waals surface area contributed by atoms with Gasteiger partial charge in [-0.15, -0.1) is 0 Å². The zero-order chi connectivity index (χ0) is 23.7. The number of rotatable bonds is 7. The van der Waals surface area contributed by atoms with Crippen LogP contribution in [0.5, 0.6) is 5.75 Å². The van der Waals surface area contributed by atoms with Crippen molar-refractivity contribution in [1.82, 2.24) is 29.7 Å². The molecule has 34 heavy (non-hydrogen) atoms. The maximum atomic E-state index is 13.1. The van der Waals surface area contributed by atoms with Crippen molar-refractivity contribution < 1.29 is 14.3 Å². The van der Waals surface area contributed by atoms with Gasteiger partial charge < -0.3 is 15.4 Å². The molecule has 3 heterocycles. The molecule has 1 aliphatic carbocycles. The summed E-state index contributed by atoms with van der Waals surface area (Å²) >= 11 is 6.24. The maximum Gasteiger partial charge on any atom is 0.261 e. The second-order valence-corrected chi connectivity index (χ2v) is 8.47. The summed E-state index contributed by atoms with van der Waals surface area (Å²) in [4.78, 5) is 29.9. The van der Waals surface area contributed by atoms with Gasteiger partial charge in [0.15, 0.2) is 5.65 Å². The van der Waals surface area contributed by atoms with Crippen LogP contribution in [-0.4, -0.2) is 49.3 Å². The van der Waals surface area contributed by atoms with E-state index in [0.717, 1.165) is 19.3 Å². The number of hydrogen-bond donors (Lipinski definition) is 2. The Morgan fingerprint density at radius 1 is 1.29 bits per heavy atom. The second kappa shape index (κ2) is 9.14. The minimum absolute atomic E-state index is 0.0144. The van der Waals surface area contributed by atoms with Gasteiger partial charge >= 0.3 is 0 Å². The van der Waals surface area contributed by atoms with Crippen molar-refractivity contribution in [1.29, 1.82) is 0 Å². The van der Waals surface area contributed by atoms with Crippen molar-refractivity contribution in [3.63, 3.8) is 0 Å². The number of carbonyl (C=O) groups excluding carboxylic acids is 2.